The lowest BCUT2D eigenvalue weighted by Gasteiger charge is -2.12. The van der Waals surface area contributed by atoms with Gasteiger partial charge in [-0.3, -0.25) is 4.79 Å². The van der Waals surface area contributed by atoms with Crippen molar-refractivity contribution in [2.75, 3.05) is 6.54 Å². The normalized spacial score (nSPS) is 11.5. The fourth-order valence-electron chi connectivity index (χ4n) is 2.17. The monoisotopic (exact) mass is 378 g/mol. The Kier molecular flexibility index (Phi) is 5.63. The molecule has 0 aliphatic carbocycles. The van der Waals surface area contributed by atoms with Crippen molar-refractivity contribution in [2.24, 2.45) is 0 Å². The van der Waals surface area contributed by atoms with Crippen LogP contribution in [0.15, 0.2) is 33.2 Å². The van der Waals surface area contributed by atoms with Crippen LogP contribution in [0.25, 0.3) is 0 Å². The first-order chi connectivity index (χ1) is 10.8. The molecule has 0 aliphatic heterocycles. The molecule has 4 nitrogen and oxygen atoms in total. The average molecular weight is 379 g/mol. The van der Waals surface area contributed by atoms with Gasteiger partial charge < -0.3 is 9.73 Å². The number of halogens is 1. The summed E-state index contributed by atoms with van der Waals surface area (Å²) in [6, 6.07) is 7.41. The van der Waals surface area contributed by atoms with Gasteiger partial charge in [0.2, 0.25) is 0 Å². The minimum Gasteiger partial charge on any atom is -0.445 e. The standard InChI is InChI=1S/C18H23BrN2O2/c1-12-15(23-17(21-12)18(2,3)4)10-7-11-20-16(22)13-8-5-6-9-14(13)19/h5-6,8-9H,7,10-11H2,1-4H3,(H,20,22). The molecule has 5 heteroatoms. The molecule has 1 aromatic carbocycles. The van der Waals surface area contributed by atoms with E-state index in [-0.39, 0.29) is 11.3 Å². The number of nitrogens with one attached hydrogen (secondary N) is 1. The molecule has 0 spiro atoms. The van der Waals surface area contributed by atoms with E-state index in [9.17, 15) is 4.79 Å². The number of hydrogen-bond acceptors (Lipinski definition) is 3. The Hall–Kier alpha value is -1.62. The van der Waals surface area contributed by atoms with Gasteiger partial charge in [-0.25, -0.2) is 4.98 Å². The third-order valence-corrected chi connectivity index (χ3v) is 4.21. The van der Waals surface area contributed by atoms with Crippen LogP contribution in [0, 0.1) is 6.92 Å². The van der Waals surface area contributed by atoms with Gasteiger partial charge in [-0.2, -0.15) is 0 Å². The smallest absolute Gasteiger partial charge is 0.252 e. The van der Waals surface area contributed by atoms with Crippen molar-refractivity contribution in [3.05, 3.63) is 51.6 Å². The summed E-state index contributed by atoms with van der Waals surface area (Å²) in [7, 11) is 0. The molecule has 0 saturated carbocycles. The van der Waals surface area contributed by atoms with Gasteiger partial charge in [-0.05, 0) is 41.4 Å². The lowest BCUT2D eigenvalue weighted by molar-refractivity contribution is 0.0952. The van der Waals surface area contributed by atoms with Crippen molar-refractivity contribution in [2.45, 2.75) is 46.0 Å². The summed E-state index contributed by atoms with van der Waals surface area (Å²) in [6.45, 7) is 8.82. The second kappa shape index (κ2) is 7.30. The van der Waals surface area contributed by atoms with Gasteiger partial charge in [0.1, 0.15) is 5.76 Å². The van der Waals surface area contributed by atoms with Crippen molar-refractivity contribution in [1.29, 1.82) is 0 Å². The van der Waals surface area contributed by atoms with Crippen LogP contribution >= 0.6 is 15.9 Å². The van der Waals surface area contributed by atoms with Crippen molar-refractivity contribution in [3.63, 3.8) is 0 Å². The van der Waals surface area contributed by atoms with Crippen LogP contribution < -0.4 is 5.32 Å². The van der Waals surface area contributed by atoms with Gasteiger partial charge in [-0.15, -0.1) is 0 Å². The van der Waals surface area contributed by atoms with Crippen LogP contribution in [0.2, 0.25) is 0 Å². The van der Waals surface area contributed by atoms with Crippen LogP contribution in [-0.4, -0.2) is 17.4 Å². The van der Waals surface area contributed by atoms with E-state index < -0.39 is 0 Å². The van der Waals surface area contributed by atoms with Gasteiger partial charge in [0.25, 0.3) is 5.91 Å². The minimum atomic E-state index is -0.0865. The fraction of sp³-hybridized carbons (Fsp3) is 0.444. The summed E-state index contributed by atoms with van der Waals surface area (Å²) in [6.07, 6.45) is 1.58. The quantitative estimate of drug-likeness (QED) is 0.784. The fourth-order valence-corrected chi connectivity index (χ4v) is 2.64. The summed E-state index contributed by atoms with van der Waals surface area (Å²) < 4.78 is 6.66. The van der Waals surface area contributed by atoms with Crippen molar-refractivity contribution >= 4 is 21.8 Å². The van der Waals surface area contributed by atoms with Crippen LogP contribution in [-0.2, 0) is 11.8 Å². The number of nitrogens with zero attached hydrogens (tertiary/aromatic N) is 1. The van der Waals surface area contributed by atoms with E-state index in [1.807, 2.05) is 25.1 Å². The van der Waals surface area contributed by atoms with Crippen molar-refractivity contribution in [1.82, 2.24) is 10.3 Å². The molecule has 0 unspecified atom stereocenters. The highest BCUT2D eigenvalue weighted by molar-refractivity contribution is 9.10. The zero-order valence-electron chi connectivity index (χ0n) is 14.1. The highest BCUT2D eigenvalue weighted by Gasteiger charge is 2.22. The molecule has 1 amide bonds. The maximum Gasteiger partial charge on any atom is 0.252 e. The Morgan fingerprint density at radius 3 is 2.61 bits per heavy atom. The number of hydrogen-bond donors (Lipinski definition) is 1. The number of oxazole rings is 1. The molecule has 0 radical (unpaired) electrons. The lowest BCUT2D eigenvalue weighted by atomic mass is 9.97. The van der Waals surface area contributed by atoms with Gasteiger partial charge in [-0.1, -0.05) is 32.9 Å². The molecule has 2 aromatic rings. The highest BCUT2D eigenvalue weighted by atomic mass is 79.9. The highest BCUT2D eigenvalue weighted by Crippen LogP contribution is 2.24. The Morgan fingerprint density at radius 1 is 1.30 bits per heavy atom. The Bertz CT molecular complexity index is 687. The van der Waals surface area contributed by atoms with Gasteiger partial charge in [0.05, 0.1) is 11.3 Å². The van der Waals surface area contributed by atoms with Crippen LogP contribution in [0.5, 0.6) is 0 Å². The molecule has 0 aliphatic rings. The lowest BCUT2D eigenvalue weighted by Crippen LogP contribution is -2.25. The molecule has 23 heavy (non-hydrogen) atoms. The Morgan fingerprint density at radius 2 is 2.00 bits per heavy atom. The first kappa shape index (κ1) is 17.7. The zero-order valence-corrected chi connectivity index (χ0v) is 15.7. The van der Waals surface area contributed by atoms with Crippen molar-refractivity contribution in [3.8, 4) is 0 Å². The minimum absolute atomic E-state index is 0.0675. The van der Waals surface area contributed by atoms with Gasteiger partial charge >= 0.3 is 0 Å². The maximum atomic E-state index is 12.1. The van der Waals surface area contributed by atoms with Crippen molar-refractivity contribution < 1.29 is 9.21 Å². The Labute approximate surface area is 145 Å². The Balaban J connectivity index is 1.85. The number of carbonyl (C=O) groups is 1. The number of aromatic nitrogens is 1. The maximum absolute atomic E-state index is 12.1. The number of benzene rings is 1. The molecule has 1 N–H and O–H groups in total. The van der Waals surface area contributed by atoms with E-state index in [0.717, 1.165) is 34.7 Å². The molecular formula is C18H23BrN2O2. The van der Waals surface area contributed by atoms with Gasteiger partial charge in [0.15, 0.2) is 5.89 Å². The molecule has 1 aromatic heterocycles. The van der Waals surface area contributed by atoms with E-state index >= 15 is 0 Å². The number of rotatable bonds is 5. The molecular weight excluding hydrogens is 356 g/mol. The average Bonchev–Trinajstić information content (AvgIpc) is 2.85. The number of amides is 1. The van der Waals surface area contributed by atoms with Crippen LogP contribution in [0.4, 0.5) is 0 Å². The summed E-state index contributed by atoms with van der Waals surface area (Å²) in [5, 5.41) is 2.94. The van der Waals surface area contributed by atoms with E-state index in [1.165, 1.54) is 0 Å². The number of carbonyl (C=O) groups excluding carboxylic acids is 1. The molecule has 0 bridgehead atoms. The molecule has 2 rings (SSSR count). The predicted molar refractivity (Wildman–Crippen MR) is 94.7 cm³/mol. The largest absolute Gasteiger partial charge is 0.445 e. The summed E-state index contributed by atoms with van der Waals surface area (Å²) in [4.78, 5) is 16.6. The third-order valence-electron chi connectivity index (χ3n) is 3.52. The van der Waals surface area contributed by atoms with E-state index in [1.54, 1.807) is 6.07 Å². The van der Waals surface area contributed by atoms with Crippen LogP contribution in [0.3, 0.4) is 0 Å². The summed E-state index contributed by atoms with van der Waals surface area (Å²) in [5.74, 6) is 1.61. The first-order valence-corrected chi connectivity index (χ1v) is 8.58. The second-order valence-corrected chi connectivity index (χ2v) is 7.47. The van der Waals surface area contributed by atoms with E-state index in [4.69, 9.17) is 4.42 Å². The molecule has 0 saturated heterocycles. The predicted octanol–water partition coefficient (Wildman–Crippen LogP) is 4.41. The molecule has 124 valence electrons. The third kappa shape index (κ3) is 4.67. The zero-order chi connectivity index (χ0) is 17.0. The first-order valence-electron chi connectivity index (χ1n) is 7.78. The second-order valence-electron chi connectivity index (χ2n) is 6.62. The summed E-state index contributed by atoms with van der Waals surface area (Å²) in [5.41, 5.74) is 1.50. The topological polar surface area (TPSA) is 55.1 Å². The molecule has 1 heterocycles. The molecule has 0 fully saturated rings. The summed E-state index contributed by atoms with van der Waals surface area (Å²) >= 11 is 3.39. The van der Waals surface area contributed by atoms with E-state index in [0.29, 0.717) is 12.1 Å². The van der Waals surface area contributed by atoms with Gasteiger partial charge in [0, 0.05) is 22.9 Å². The number of aryl methyl sites for hydroxylation is 2. The van der Waals surface area contributed by atoms with E-state index in [2.05, 4.69) is 47.0 Å². The SMILES string of the molecule is Cc1nc(C(C)(C)C)oc1CCCNC(=O)c1ccccc1Br. The van der Waals surface area contributed by atoms with Crippen LogP contribution in [0.1, 0.15) is 54.9 Å². The molecule has 0 atom stereocenters.